The molecule has 0 aliphatic heterocycles. The van der Waals surface area contributed by atoms with E-state index in [4.69, 9.17) is 15.7 Å². The van der Waals surface area contributed by atoms with Gasteiger partial charge in [-0.05, 0) is 47.1 Å². The van der Waals surface area contributed by atoms with Crippen LogP contribution >= 0.6 is 0 Å². The van der Waals surface area contributed by atoms with Crippen LogP contribution in [0.5, 0.6) is 0 Å². The maximum absolute atomic E-state index is 6.85. The van der Waals surface area contributed by atoms with E-state index < -0.39 is 5.21 Å². The Kier molecular flexibility index (Phi) is 5.90. The van der Waals surface area contributed by atoms with Crippen molar-refractivity contribution in [3.05, 3.63) is 78.5 Å². The summed E-state index contributed by atoms with van der Waals surface area (Å²) in [7, 11) is 13.7. The molecule has 0 spiro atoms. The van der Waals surface area contributed by atoms with Gasteiger partial charge in [-0.25, -0.2) is 0 Å². The Hall–Kier alpha value is -2.28. The number of nitrogens with zero attached hydrogens (tertiary/aromatic N) is 1. The molecule has 32 heavy (non-hydrogen) atoms. The summed E-state index contributed by atoms with van der Waals surface area (Å²) < 4.78 is 0. The first kappa shape index (κ1) is 22.9. The van der Waals surface area contributed by atoms with E-state index in [2.05, 4.69) is 88.1 Å². The van der Waals surface area contributed by atoms with E-state index in [1.54, 1.807) is 0 Å². The average molecular weight is 417 g/mol. The second-order valence-electron chi connectivity index (χ2n) is 10.6. The first-order valence-corrected chi connectivity index (χ1v) is 11.8. The van der Waals surface area contributed by atoms with Crippen molar-refractivity contribution >= 4 is 15.7 Å². The molecule has 4 rings (SSSR count). The van der Waals surface area contributed by atoms with Gasteiger partial charge in [0.1, 0.15) is 0 Å². The van der Waals surface area contributed by atoms with Gasteiger partial charge in [-0.1, -0.05) is 106 Å². The molecule has 0 bridgehead atoms. The number of hydrogen-bond acceptors (Lipinski definition) is 1. The molecule has 2 aromatic carbocycles. The highest BCUT2D eigenvalue weighted by atomic mass is 14.7. The molecule has 0 saturated heterocycles. The maximum atomic E-state index is 6.85. The summed E-state index contributed by atoms with van der Waals surface area (Å²) >= 11 is 0. The van der Waals surface area contributed by atoms with E-state index in [1.165, 1.54) is 6.42 Å². The van der Waals surface area contributed by atoms with Gasteiger partial charge in [-0.2, -0.15) is 0 Å². The Morgan fingerprint density at radius 2 is 1.50 bits per heavy atom. The first-order chi connectivity index (χ1) is 15.1. The van der Waals surface area contributed by atoms with Crippen LogP contribution in [-0.2, 0) is 5.21 Å². The fourth-order valence-electron chi connectivity index (χ4n) is 5.61. The van der Waals surface area contributed by atoms with Crippen molar-refractivity contribution in [2.75, 3.05) is 0 Å². The van der Waals surface area contributed by atoms with Gasteiger partial charge in [0, 0.05) is 17.3 Å². The molecule has 1 nitrogen and oxygen atoms in total. The van der Waals surface area contributed by atoms with Crippen LogP contribution in [0.4, 0.5) is 0 Å². The molecule has 1 fully saturated rings. The molecule has 3 atom stereocenters. The molecule has 0 amide bonds. The zero-order valence-corrected chi connectivity index (χ0v) is 20.1. The lowest BCUT2D eigenvalue weighted by atomic mass is 9.39. The maximum Gasteiger partial charge on any atom is 0.0702 e. The zero-order valence-electron chi connectivity index (χ0n) is 20.1. The molecule has 160 valence electrons. The predicted octanol–water partition coefficient (Wildman–Crippen LogP) is 7.00. The minimum absolute atomic E-state index is 0.0891. The first-order valence-electron chi connectivity index (χ1n) is 11.8. The Morgan fingerprint density at radius 3 is 2.03 bits per heavy atom. The Morgan fingerprint density at radius 1 is 0.875 bits per heavy atom. The van der Waals surface area contributed by atoms with Crippen LogP contribution in [0, 0.1) is 22.7 Å². The lowest BCUT2D eigenvalue weighted by molar-refractivity contribution is 0.0299. The minimum Gasteiger partial charge on any atom is -0.256 e. The lowest BCUT2D eigenvalue weighted by Crippen LogP contribution is -2.49. The summed E-state index contributed by atoms with van der Waals surface area (Å²) in [4.78, 5) is 4.66. The Bertz CT molecular complexity index is 1050. The minimum atomic E-state index is -0.885. The monoisotopic (exact) mass is 417 g/mol. The summed E-state index contributed by atoms with van der Waals surface area (Å²) in [5.74, 6) is 0.812. The summed E-state index contributed by atoms with van der Waals surface area (Å²) in [6, 6.07) is 22.8. The van der Waals surface area contributed by atoms with Gasteiger partial charge in [0.2, 0.25) is 0 Å². The van der Waals surface area contributed by atoms with Gasteiger partial charge in [0.15, 0.2) is 0 Å². The third kappa shape index (κ3) is 3.74. The third-order valence-corrected chi connectivity index (χ3v) is 9.02. The summed E-state index contributed by atoms with van der Waals surface area (Å²) in [6.45, 7) is 11.7. The van der Waals surface area contributed by atoms with Crippen LogP contribution in [0.1, 0.15) is 53.0 Å². The van der Waals surface area contributed by atoms with E-state index >= 15 is 0 Å². The molecule has 3 aromatic rings. The van der Waals surface area contributed by atoms with E-state index in [9.17, 15) is 0 Å². The number of pyridine rings is 1. The highest BCUT2D eigenvalue weighted by molar-refractivity contribution is 6.40. The lowest BCUT2D eigenvalue weighted by Gasteiger charge is -2.52. The van der Waals surface area contributed by atoms with Crippen molar-refractivity contribution in [1.29, 1.82) is 0 Å². The quantitative estimate of drug-likeness (QED) is 0.407. The van der Waals surface area contributed by atoms with Gasteiger partial charge in [0.05, 0.1) is 21.4 Å². The third-order valence-electron chi connectivity index (χ3n) is 9.02. The van der Waals surface area contributed by atoms with Gasteiger partial charge in [-0.3, -0.25) is 4.98 Å². The van der Waals surface area contributed by atoms with Gasteiger partial charge >= 0.3 is 0 Å². The molecule has 3 heteroatoms. The number of rotatable bonds is 5. The normalized spacial score (nSPS) is 23.7. The zero-order chi connectivity index (χ0) is 23.1. The number of aromatic nitrogens is 1. The second-order valence-corrected chi connectivity index (χ2v) is 10.6. The summed E-state index contributed by atoms with van der Waals surface area (Å²) in [6.07, 6.45) is 4.33. The van der Waals surface area contributed by atoms with E-state index in [0.717, 1.165) is 34.4 Å². The highest BCUT2D eigenvalue weighted by Gasteiger charge is 2.55. The second kappa shape index (κ2) is 8.25. The molecule has 3 unspecified atom stereocenters. The highest BCUT2D eigenvalue weighted by Crippen LogP contribution is 2.61. The Labute approximate surface area is 196 Å². The molecule has 1 aliphatic carbocycles. The molecule has 1 aromatic heterocycles. The topological polar surface area (TPSA) is 12.9 Å². The van der Waals surface area contributed by atoms with E-state index in [-0.39, 0.29) is 16.7 Å². The molecule has 1 saturated carbocycles. The van der Waals surface area contributed by atoms with Crippen LogP contribution in [0.2, 0.25) is 0 Å². The smallest absolute Gasteiger partial charge is 0.0702 e. The largest absolute Gasteiger partial charge is 0.256 e. The van der Waals surface area contributed by atoms with Gasteiger partial charge in [0.25, 0.3) is 0 Å². The van der Waals surface area contributed by atoms with E-state index in [1.807, 2.05) is 24.4 Å². The standard InChI is InChI=1S/C29H33B2N/c1-20-17-18-28(5,27(20,3)4)21(2)29(30,31)25-14-11-22(12-15-25)24-13-16-26(32-19-24)23-9-7-6-8-10-23/h6-16,19-21H,17-18H2,1-5H3. The van der Waals surface area contributed by atoms with Crippen molar-refractivity contribution in [2.24, 2.45) is 22.7 Å². The van der Waals surface area contributed by atoms with Gasteiger partial charge in [-0.15, -0.1) is 0 Å². The van der Waals surface area contributed by atoms with Crippen LogP contribution < -0.4 is 0 Å². The molecule has 4 radical (unpaired) electrons. The SMILES string of the molecule is [B]C([B])(c1ccc(-c2ccc(-c3ccccc3)nc2)cc1)C(C)C1(C)CCC(C)C1(C)C. The molecular weight excluding hydrogens is 384 g/mol. The molecule has 0 N–H and O–H groups in total. The average Bonchev–Trinajstić information content (AvgIpc) is 3.02. The van der Waals surface area contributed by atoms with Crippen LogP contribution in [-0.4, -0.2) is 20.7 Å². The fraction of sp³-hybridized carbons (Fsp3) is 0.414. The Balaban J connectivity index is 1.57. The van der Waals surface area contributed by atoms with Crippen molar-refractivity contribution in [1.82, 2.24) is 4.98 Å². The van der Waals surface area contributed by atoms with Gasteiger partial charge < -0.3 is 0 Å². The molecule has 1 heterocycles. The van der Waals surface area contributed by atoms with Crippen molar-refractivity contribution in [3.63, 3.8) is 0 Å². The summed E-state index contributed by atoms with van der Waals surface area (Å²) in [5, 5.41) is -0.885. The predicted molar refractivity (Wildman–Crippen MR) is 138 cm³/mol. The van der Waals surface area contributed by atoms with Crippen LogP contribution in [0.3, 0.4) is 0 Å². The fourth-order valence-corrected chi connectivity index (χ4v) is 5.61. The van der Waals surface area contributed by atoms with Crippen LogP contribution in [0.25, 0.3) is 22.4 Å². The van der Waals surface area contributed by atoms with E-state index in [0.29, 0.717) is 5.92 Å². The van der Waals surface area contributed by atoms with Crippen molar-refractivity contribution < 1.29 is 0 Å². The van der Waals surface area contributed by atoms with Crippen LogP contribution in [0.15, 0.2) is 72.9 Å². The van der Waals surface area contributed by atoms with Crippen molar-refractivity contribution in [2.45, 2.75) is 52.7 Å². The number of hydrogen-bond donors (Lipinski definition) is 0. The molecular formula is C29H33B2N. The molecule has 1 aliphatic rings. The number of benzene rings is 2. The van der Waals surface area contributed by atoms with Crippen molar-refractivity contribution in [3.8, 4) is 22.4 Å². The summed E-state index contributed by atoms with van der Waals surface area (Å²) in [5.41, 5.74) is 5.57.